The van der Waals surface area contributed by atoms with Crippen molar-refractivity contribution in [2.75, 3.05) is 0 Å². The smallest absolute Gasteiger partial charge is 0.305 e. The van der Waals surface area contributed by atoms with E-state index in [1.807, 2.05) is 0 Å². The number of hydrogen-bond acceptors (Lipinski definition) is 6. The van der Waals surface area contributed by atoms with E-state index in [1.54, 1.807) is 0 Å². The van der Waals surface area contributed by atoms with Crippen molar-refractivity contribution in [3.05, 3.63) is 29.3 Å². The highest BCUT2D eigenvalue weighted by atomic mass is 16.5. The maximum atomic E-state index is 12.7. The Morgan fingerprint density at radius 1 is 1.39 bits per heavy atom. The van der Waals surface area contributed by atoms with Crippen LogP contribution in [0.3, 0.4) is 0 Å². The first-order chi connectivity index (χ1) is 10.8. The number of aromatic hydroxyl groups is 1. The molecule has 1 aliphatic heterocycles. The van der Waals surface area contributed by atoms with E-state index in [-0.39, 0.29) is 29.7 Å². The Kier molecular flexibility index (Phi) is 3.50. The second-order valence-electron chi connectivity index (χ2n) is 6.00. The molecule has 0 amide bonds. The Labute approximate surface area is 131 Å². The average molecular weight is 320 g/mol. The molecular formula is C16H16O7. The highest BCUT2D eigenvalue weighted by Gasteiger charge is 2.60. The number of hydrogen-bond donors (Lipinski definition) is 3. The predicted octanol–water partition coefficient (Wildman–Crippen LogP) is 0.771. The van der Waals surface area contributed by atoms with Crippen LogP contribution in [0.25, 0.3) is 0 Å². The first-order valence-corrected chi connectivity index (χ1v) is 7.27. The summed E-state index contributed by atoms with van der Waals surface area (Å²) in [4.78, 5) is 36.3. The fourth-order valence-electron chi connectivity index (χ4n) is 3.52. The molecule has 0 radical (unpaired) electrons. The van der Waals surface area contributed by atoms with Gasteiger partial charge in [0.2, 0.25) is 5.78 Å². The summed E-state index contributed by atoms with van der Waals surface area (Å²) in [7, 11) is 0. The number of ketones is 2. The Balaban J connectivity index is 2.09. The molecule has 1 aromatic rings. The molecule has 0 bridgehead atoms. The molecular weight excluding hydrogens is 304 g/mol. The summed E-state index contributed by atoms with van der Waals surface area (Å²) in [6.07, 6.45) is -2.20. The molecule has 1 aromatic carbocycles. The fraction of sp³-hybridized carbons (Fsp3) is 0.438. The number of aliphatic carboxylic acids is 1. The third-order valence-electron chi connectivity index (χ3n) is 4.66. The number of phenolic OH excluding ortho intramolecular Hbond substituents is 1. The van der Waals surface area contributed by atoms with Gasteiger partial charge in [0, 0.05) is 5.56 Å². The van der Waals surface area contributed by atoms with Gasteiger partial charge in [-0.3, -0.25) is 14.4 Å². The number of benzene rings is 1. The van der Waals surface area contributed by atoms with Crippen LogP contribution in [-0.4, -0.2) is 50.7 Å². The number of carboxylic acid groups (broad SMARTS) is 1. The van der Waals surface area contributed by atoms with E-state index in [9.17, 15) is 24.6 Å². The van der Waals surface area contributed by atoms with Crippen LogP contribution in [0.1, 0.15) is 40.5 Å². The van der Waals surface area contributed by atoms with Gasteiger partial charge in [0.1, 0.15) is 5.75 Å². The number of carbonyl (C=O) groups excluding carboxylic acids is 2. The standard InChI is InChI=1S/C16H16O7/c1-7-16(22)10(5-8(23-7)6-12(18)19)14(20)9-3-2-4-11(17)13(9)15(16)21/h2-4,7-8,10,17,22H,5-6H2,1H3,(H,18,19)/t7-,8-,10-,16+/m1/s1. The zero-order chi connectivity index (χ0) is 16.9. The topological polar surface area (TPSA) is 121 Å². The number of carboxylic acids is 1. The van der Waals surface area contributed by atoms with Crippen molar-refractivity contribution < 1.29 is 34.4 Å². The lowest BCUT2D eigenvalue weighted by molar-refractivity contribution is -0.174. The van der Waals surface area contributed by atoms with Gasteiger partial charge in [-0.1, -0.05) is 12.1 Å². The third-order valence-corrected chi connectivity index (χ3v) is 4.66. The average Bonchev–Trinajstić information content (AvgIpc) is 2.47. The minimum absolute atomic E-state index is 0.0489. The van der Waals surface area contributed by atoms with Gasteiger partial charge in [0.05, 0.1) is 30.1 Å². The second kappa shape index (κ2) is 5.14. The zero-order valence-corrected chi connectivity index (χ0v) is 12.4. The van der Waals surface area contributed by atoms with Crippen molar-refractivity contribution in [2.45, 2.75) is 37.6 Å². The fourth-order valence-corrected chi connectivity index (χ4v) is 3.52. The van der Waals surface area contributed by atoms with Crippen molar-refractivity contribution in [3.63, 3.8) is 0 Å². The van der Waals surface area contributed by atoms with Crippen molar-refractivity contribution in [2.24, 2.45) is 5.92 Å². The van der Waals surface area contributed by atoms with Crippen molar-refractivity contribution in [3.8, 4) is 5.75 Å². The molecule has 7 heteroatoms. The van der Waals surface area contributed by atoms with Crippen LogP contribution in [0.5, 0.6) is 5.75 Å². The molecule has 0 unspecified atom stereocenters. The van der Waals surface area contributed by atoms with Crippen molar-refractivity contribution in [1.82, 2.24) is 0 Å². The van der Waals surface area contributed by atoms with Crippen LogP contribution in [0.15, 0.2) is 18.2 Å². The van der Waals surface area contributed by atoms with E-state index in [0.29, 0.717) is 0 Å². The van der Waals surface area contributed by atoms with Gasteiger partial charge in [-0.05, 0) is 19.4 Å². The van der Waals surface area contributed by atoms with E-state index >= 15 is 0 Å². The van der Waals surface area contributed by atoms with Crippen molar-refractivity contribution >= 4 is 17.5 Å². The van der Waals surface area contributed by atoms with Crippen molar-refractivity contribution in [1.29, 1.82) is 0 Å². The molecule has 122 valence electrons. The quantitative estimate of drug-likeness (QED) is 0.736. The highest BCUT2D eigenvalue weighted by molar-refractivity contribution is 6.20. The van der Waals surface area contributed by atoms with E-state index in [4.69, 9.17) is 9.84 Å². The third kappa shape index (κ3) is 2.15. The van der Waals surface area contributed by atoms with Crippen LogP contribution in [0.4, 0.5) is 0 Å². The second-order valence-corrected chi connectivity index (χ2v) is 6.00. The molecule has 3 N–H and O–H groups in total. The summed E-state index contributed by atoms with van der Waals surface area (Å²) in [5.74, 6) is -3.79. The molecule has 1 heterocycles. The molecule has 0 aromatic heterocycles. The van der Waals surface area contributed by atoms with E-state index in [2.05, 4.69) is 0 Å². The Hall–Kier alpha value is -2.25. The lowest BCUT2D eigenvalue weighted by Crippen LogP contribution is -2.64. The SMILES string of the molecule is C[C@H]1O[C@@H](CC(=O)O)C[C@@H]2C(=O)c3cccc(O)c3C(=O)[C@@]21O. The van der Waals surface area contributed by atoms with E-state index in [0.717, 1.165) is 0 Å². The molecule has 2 aliphatic rings. The molecule has 3 rings (SSSR count). The molecule has 1 fully saturated rings. The first kappa shape index (κ1) is 15.6. The van der Waals surface area contributed by atoms with Crippen LogP contribution >= 0.6 is 0 Å². The number of aliphatic hydroxyl groups is 1. The van der Waals surface area contributed by atoms with Crippen LogP contribution < -0.4 is 0 Å². The van der Waals surface area contributed by atoms with E-state index in [1.165, 1.54) is 25.1 Å². The van der Waals surface area contributed by atoms with Gasteiger partial charge in [0.15, 0.2) is 11.4 Å². The first-order valence-electron chi connectivity index (χ1n) is 7.27. The molecule has 0 saturated carbocycles. The van der Waals surface area contributed by atoms with Gasteiger partial charge < -0.3 is 20.1 Å². The molecule has 1 aliphatic carbocycles. The lowest BCUT2D eigenvalue weighted by atomic mass is 9.65. The van der Waals surface area contributed by atoms with Crippen LogP contribution in [0, 0.1) is 5.92 Å². The van der Waals surface area contributed by atoms with Gasteiger partial charge in [-0.2, -0.15) is 0 Å². The van der Waals surface area contributed by atoms with Crippen LogP contribution in [-0.2, 0) is 9.53 Å². The summed E-state index contributed by atoms with van der Waals surface area (Å²) in [5.41, 5.74) is -2.26. The number of rotatable bonds is 2. The largest absolute Gasteiger partial charge is 0.507 e. The monoisotopic (exact) mass is 320 g/mol. The Morgan fingerprint density at radius 3 is 2.74 bits per heavy atom. The normalized spacial score (nSPS) is 33.0. The summed E-state index contributed by atoms with van der Waals surface area (Å²) < 4.78 is 5.46. The Morgan fingerprint density at radius 2 is 2.09 bits per heavy atom. The summed E-state index contributed by atoms with van der Waals surface area (Å²) in [5, 5.41) is 29.7. The van der Waals surface area contributed by atoms with Crippen LogP contribution in [0.2, 0.25) is 0 Å². The van der Waals surface area contributed by atoms with E-state index < -0.39 is 41.3 Å². The Bertz CT molecular complexity index is 710. The number of carbonyl (C=O) groups is 3. The maximum absolute atomic E-state index is 12.7. The minimum atomic E-state index is -2.10. The van der Waals surface area contributed by atoms with Gasteiger partial charge >= 0.3 is 5.97 Å². The summed E-state index contributed by atoms with van der Waals surface area (Å²) in [6.45, 7) is 1.43. The molecule has 7 nitrogen and oxygen atoms in total. The van der Waals surface area contributed by atoms with Gasteiger partial charge in [-0.15, -0.1) is 0 Å². The molecule has 1 saturated heterocycles. The van der Waals surface area contributed by atoms with Gasteiger partial charge in [-0.25, -0.2) is 0 Å². The number of Topliss-reactive ketones (excluding diaryl/α,β-unsaturated/α-hetero) is 2. The predicted molar refractivity (Wildman–Crippen MR) is 76.4 cm³/mol. The summed E-state index contributed by atoms with van der Waals surface area (Å²) >= 11 is 0. The lowest BCUT2D eigenvalue weighted by Gasteiger charge is -2.47. The summed E-state index contributed by atoms with van der Waals surface area (Å²) in [6, 6.07) is 4.14. The molecule has 23 heavy (non-hydrogen) atoms. The minimum Gasteiger partial charge on any atom is -0.507 e. The van der Waals surface area contributed by atoms with Gasteiger partial charge in [0.25, 0.3) is 0 Å². The maximum Gasteiger partial charge on any atom is 0.305 e. The number of fused-ring (bicyclic) bond motifs is 2. The zero-order valence-electron chi connectivity index (χ0n) is 12.4. The molecule has 4 atom stereocenters. The number of phenols is 1. The molecule has 0 spiro atoms. The highest BCUT2D eigenvalue weighted by Crippen LogP contribution is 2.45. The number of ether oxygens (including phenoxy) is 1.